The van der Waals surface area contributed by atoms with Gasteiger partial charge >= 0.3 is 5.97 Å². The fourth-order valence-electron chi connectivity index (χ4n) is 2.66. The lowest BCUT2D eigenvalue weighted by atomic mass is 9.88. The highest BCUT2D eigenvalue weighted by Crippen LogP contribution is 2.31. The number of benzene rings is 1. The topological polar surface area (TPSA) is 61.2 Å². The largest absolute Gasteiger partial charge is 0.454 e. The number of carbonyl (C=O) groups excluding carboxylic acids is 2. The predicted molar refractivity (Wildman–Crippen MR) is 85.4 cm³/mol. The van der Waals surface area contributed by atoms with E-state index in [4.69, 9.17) is 16.3 Å². The lowest BCUT2D eigenvalue weighted by Crippen LogP contribution is -2.23. The second kappa shape index (κ2) is 6.38. The molecule has 0 amide bonds. The summed E-state index contributed by atoms with van der Waals surface area (Å²) < 4.78 is 6.97. The maximum absolute atomic E-state index is 12.5. The van der Waals surface area contributed by atoms with Crippen LogP contribution in [0.25, 0.3) is 0 Å². The van der Waals surface area contributed by atoms with Crippen molar-refractivity contribution in [3.63, 3.8) is 0 Å². The van der Waals surface area contributed by atoms with E-state index in [2.05, 4.69) is 4.98 Å². The zero-order valence-corrected chi connectivity index (χ0v) is 13.2. The molecule has 0 spiro atoms. The van der Waals surface area contributed by atoms with Crippen molar-refractivity contribution in [2.45, 2.75) is 18.4 Å². The fraction of sp³-hybridized carbons (Fsp3) is 0.235. The second-order valence-corrected chi connectivity index (χ2v) is 5.84. The first-order chi connectivity index (χ1) is 11.0. The van der Waals surface area contributed by atoms with Crippen molar-refractivity contribution in [3.8, 4) is 0 Å². The number of ether oxygens (including phenoxy) is 1. The number of halogens is 1. The van der Waals surface area contributed by atoms with E-state index in [1.54, 1.807) is 42.2 Å². The Bertz CT molecular complexity index is 764. The zero-order valence-electron chi connectivity index (χ0n) is 12.5. The number of hydrogen-bond donors (Lipinski definition) is 0. The minimum atomic E-state index is -0.465. The Morgan fingerprint density at radius 2 is 2.13 bits per heavy atom. The first-order valence-electron chi connectivity index (χ1n) is 7.19. The van der Waals surface area contributed by atoms with Crippen LogP contribution in [0, 0.1) is 0 Å². The van der Waals surface area contributed by atoms with E-state index in [-0.39, 0.29) is 18.1 Å². The van der Waals surface area contributed by atoms with Crippen LogP contribution in [-0.4, -0.2) is 27.4 Å². The Balaban J connectivity index is 1.87. The van der Waals surface area contributed by atoms with Crippen LogP contribution >= 0.6 is 11.6 Å². The van der Waals surface area contributed by atoms with Gasteiger partial charge in [-0.1, -0.05) is 23.7 Å². The molecule has 6 heteroatoms. The van der Waals surface area contributed by atoms with Gasteiger partial charge in [-0.25, -0.2) is 9.78 Å². The van der Waals surface area contributed by atoms with Crippen molar-refractivity contribution in [3.05, 3.63) is 65.2 Å². The van der Waals surface area contributed by atoms with E-state index >= 15 is 0 Å². The second-order valence-electron chi connectivity index (χ2n) is 5.41. The van der Waals surface area contributed by atoms with E-state index < -0.39 is 12.1 Å². The third-order valence-electron chi connectivity index (χ3n) is 3.84. The van der Waals surface area contributed by atoms with Crippen molar-refractivity contribution in [1.82, 2.24) is 9.55 Å². The maximum atomic E-state index is 12.5. The molecule has 0 N–H and O–H groups in total. The van der Waals surface area contributed by atoms with Gasteiger partial charge in [0.1, 0.15) is 6.10 Å². The third kappa shape index (κ3) is 3.35. The Morgan fingerprint density at radius 3 is 2.70 bits per heavy atom. The molecule has 0 aliphatic carbocycles. The number of rotatable bonds is 5. The summed E-state index contributed by atoms with van der Waals surface area (Å²) in [6.45, 7) is 0. The summed E-state index contributed by atoms with van der Waals surface area (Å²) in [6.07, 6.45) is 6.11. The average Bonchev–Trinajstić information content (AvgIpc) is 3.14. The Labute approximate surface area is 138 Å². The van der Waals surface area contributed by atoms with Gasteiger partial charge in [0.05, 0.1) is 0 Å². The summed E-state index contributed by atoms with van der Waals surface area (Å²) in [4.78, 5) is 28.0. The Morgan fingerprint density at radius 1 is 1.39 bits per heavy atom. The van der Waals surface area contributed by atoms with Crippen molar-refractivity contribution < 1.29 is 14.3 Å². The average molecular weight is 331 g/mol. The van der Waals surface area contributed by atoms with Gasteiger partial charge in [-0.15, -0.1) is 0 Å². The van der Waals surface area contributed by atoms with E-state index in [1.807, 2.05) is 12.1 Å². The monoisotopic (exact) mass is 330 g/mol. The third-order valence-corrected chi connectivity index (χ3v) is 4.10. The molecular weight excluding hydrogens is 316 g/mol. The number of aryl methyl sites for hydroxylation is 1. The Kier molecular flexibility index (Phi) is 4.30. The lowest BCUT2D eigenvalue weighted by Gasteiger charge is -2.21. The molecular formula is C17H15ClN2O3. The van der Waals surface area contributed by atoms with Crippen molar-refractivity contribution >= 4 is 23.4 Å². The van der Waals surface area contributed by atoms with E-state index in [9.17, 15) is 9.59 Å². The number of Topliss-reactive ketones (excluding diaryl/α,β-unsaturated/α-hetero) is 1. The van der Waals surface area contributed by atoms with Gasteiger partial charge in [0.2, 0.25) is 0 Å². The van der Waals surface area contributed by atoms with Crippen molar-refractivity contribution in [2.24, 2.45) is 7.05 Å². The molecule has 1 aromatic carbocycles. The molecule has 0 bridgehead atoms. The molecule has 23 heavy (non-hydrogen) atoms. The minimum absolute atomic E-state index is 0.103. The highest BCUT2D eigenvalue weighted by Gasteiger charge is 2.31. The van der Waals surface area contributed by atoms with Gasteiger partial charge in [-0.2, -0.15) is 0 Å². The number of cyclic esters (lactones) is 1. The Hall–Kier alpha value is -2.40. The molecule has 2 atom stereocenters. The number of nitrogens with zero attached hydrogens (tertiary/aromatic N) is 2. The van der Waals surface area contributed by atoms with Crippen LogP contribution in [0.3, 0.4) is 0 Å². The molecule has 118 valence electrons. The van der Waals surface area contributed by atoms with E-state index in [0.717, 1.165) is 5.56 Å². The maximum Gasteiger partial charge on any atom is 0.331 e. The summed E-state index contributed by atoms with van der Waals surface area (Å²) in [5.74, 6) is -0.386. The molecule has 1 aliphatic rings. The van der Waals surface area contributed by atoms with Gasteiger partial charge in [-0.05, 0) is 23.8 Å². The van der Waals surface area contributed by atoms with Gasteiger partial charge in [0, 0.05) is 42.9 Å². The molecule has 5 nitrogen and oxygen atoms in total. The van der Waals surface area contributed by atoms with E-state index in [0.29, 0.717) is 10.8 Å². The predicted octanol–water partition coefficient (Wildman–Crippen LogP) is 2.91. The van der Waals surface area contributed by atoms with Crippen LogP contribution in [0.15, 0.2) is 48.8 Å². The van der Waals surface area contributed by atoms with Crippen LogP contribution in [0.5, 0.6) is 0 Å². The molecule has 0 radical (unpaired) electrons. The van der Waals surface area contributed by atoms with Gasteiger partial charge in [0.15, 0.2) is 11.6 Å². The molecule has 1 aromatic heterocycles. The highest BCUT2D eigenvalue weighted by molar-refractivity contribution is 6.30. The molecule has 0 saturated heterocycles. The fourth-order valence-corrected chi connectivity index (χ4v) is 2.79. The molecule has 2 heterocycles. The molecule has 1 aliphatic heterocycles. The van der Waals surface area contributed by atoms with Crippen LogP contribution in [-0.2, 0) is 16.6 Å². The number of esters is 1. The van der Waals surface area contributed by atoms with Crippen LogP contribution < -0.4 is 0 Å². The first kappa shape index (κ1) is 15.5. The molecule has 0 unspecified atom stereocenters. The standard InChI is InChI=1S/C17H15ClN2O3/c1-20-9-8-19-17(20)14(21)10-13(15-6-7-16(22)23-15)11-2-4-12(18)5-3-11/h2-9,13,15H,10H2,1H3/t13-,15-/m1/s1. The quantitative estimate of drug-likeness (QED) is 0.624. The summed E-state index contributed by atoms with van der Waals surface area (Å²) >= 11 is 5.93. The summed E-state index contributed by atoms with van der Waals surface area (Å²) in [7, 11) is 1.77. The van der Waals surface area contributed by atoms with Gasteiger partial charge in [-0.3, -0.25) is 4.79 Å². The van der Waals surface area contributed by atoms with Crippen LogP contribution in [0.4, 0.5) is 0 Å². The van der Waals surface area contributed by atoms with Gasteiger partial charge < -0.3 is 9.30 Å². The van der Waals surface area contributed by atoms with Crippen LogP contribution in [0.1, 0.15) is 28.5 Å². The number of imidazole rings is 1. The highest BCUT2D eigenvalue weighted by atomic mass is 35.5. The molecule has 2 aromatic rings. The zero-order chi connectivity index (χ0) is 16.4. The molecule has 0 fully saturated rings. The minimum Gasteiger partial charge on any atom is -0.454 e. The van der Waals surface area contributed by atoms with Crippen LogP contribution in [0.2, 0.25) is 5.02 Å². The SMILES string of the molecule is Cn1ccnc1C(=O)C[C@H](c1ccc(Cl)cc1)[C@H]1C=CC(=O)O1. The lowest BCUT2D eigenvalue weighted by molar-refractivity contribution is -0.139. The normalized spacial score (nSPS) is 18.0. The number of hydrogen-bond acceptors (Lipinski definition) is 4. The summed E-state index contributed by atoms with van der Waals surface area (Å²) in [5, 5.41) is 0.613. The summed E-state index contributed by atoms with van der Waals surface area (Å²) in [5.41, 5.74) is 0.890. The number of aromatic nitrogens is 2. The molecule has 3 rings (SSSR count). The number of ketones is 1. The smallest absolute Gasteiger partial charge is 0.331 e. The van der Waals surface area contributed by atoms with Crippen molar-refractivity contribution in [2.75, 3.05) is 0 Å². The molecule has 0 saturated carbocycles. The van der Waals surface area contributed by atoms with E-state index in [1.165, 1.54) is 6.08 Å². The summed E-state index contributed by atoms with van der Waals surface area (Å²) in [6, 6.07) is 7.21. The van der Waals surface area contributed by atoms with Crippen molar-refractivity contribution in [1.29, 1.82) is 0 Å². The van der Waals surface area contributed by atoms with Gasteiger partial charge in [0.25, 0.3) is 0 Å². The number of carbonyl (C=O) groups is 2. The first-order valence-corrected chi connectivity index (χ1v) is 7.57.